The third-order valence-corrected chi connectivity index (χ3v) is 3.77. The SMILES string of the molecule is CC.FC(F)(F)c1ccc(-c2ncc(CS)s2)cc1. The summed E-state index contributed by atoms with van der Waals surface area (Å²) in [6.45, 7) is 4.00. The Morgan fingerprint density at radius 2 is 1.74 bits per heavy atom. The number of alkyl halides is 3. The molecule has 0 aliphatic heterocycles. The molecule has 0 aliphatic carbocycles. The summed E-state index contributed by atoms with van der Waals surface area (Å²) in [6.07, 6.45) is -2.61. The van der Waals surface area contributed by atoms with Crippen LogP contribution in [0.2, 0.25) is 0 Å². The number of rotatable bonds is 2. The third-order valence-electron chi connectivity index (χ3n) is 2.17. The van der Waals surface area contributed by atoms with Crippen molar-refractivity contribution in [2.45, 2.75) is 25.8 Å². The van der Waals surface area contributed by atoms with Crippen molar-refractivity contribution in [2.24, 2.45) is 0 Å². The second-order valence-electron chi connectivity index (χ2n) is 3.36. The number of thiol groups is 1. The lowest BCUT2D eigenvalue weighted by atomic mass is 10.1. The summed E-state index contributed by atoms with van der Waals surface area (Å²) >= 11 is 5.54. The molecule has 1 aromatic carbocycles. The fourth-order valence-electron chi connectivity index (χ4n) is 1.32. The van der Waals surface area contributed by atoms with Crippen LogP contribution in [0.5, 0.6) is 0 Å². The minimum absolute atomic E-state index is 0.582. The van der Waals surface area contributed by atoms with E-state index in [4.69, 9.17) is 0 Å². The fraction of sp³-hybridized carbons (Fsp3) is 0.308. The summed E-state index contributed by atoms with van der Waals surface area (Å²) in [5, 5.41) is 0.711. The van der Waals surface area contributed by atoms with Gasteiger partial charge >= 0.3 is 6.18 Å². The molecule has 0 saturated carbocycles. The van der Waals surface area contributed by atoms with E-state index in [2.05, 4.69) is 17.6 Å². The van der Waals surface area contributed by atoms with Gasteiger partial charge in [0.25, 0.3) is 0 Å². The normalized spacial score (nSPS) is 10.8. The maximum Gasteiger partial charge on any atom is 0.416 e. The Balaban J connectivity index is 0.000000861. The number of thiazole rings is 1. The number of halogens is 3. The molecule has 0 spiro atoms. The van der Waals surface area contributed by atoms with Crippen molar-refractivity contribution in [1.29, 1.82) is 0 Å². The number of hydrogen-bond donors (Lipinski definition) is 1. The zero-order valence-electron chi connectivity index (χ0n) is 10.5. The molecule has 0 unspecified atom stereocenters. The van der Waals surface area contributed by atoms with Crippen molar-refractivity contribution in [3.8, 4) is 10.6 Å². The van der Waals surface area contributed by atoms with Gasteiger partial charge in [0.1, 0.15) is 5.01 Å². The van der Waals surface area contributed by atoms with Crippen molar-refractivity contribution < 1.29 is 13.2 Å². The van der Waals surface area contributed by atoms with Crippen molar-refractivity contribution in [2.75, 3.05) is 0 Å². The molecule has 2 aromatic rings. The lowest BCUT2D eigenvalue weighted by molar-refractivity contribution is -0.137. The predicted octanol–water partition coefficient (Wildman–Crippen LogP) is 5.28. The summed E-state index contributed by atoms with van der Waals surface area (Å²) in [6, 6.07) is 5.00. The Kier molecular flexibility index (Phi) is 5.87. The summed E-state index contributed by atoms with van der Waals surface area (Å²) in [4.78, 5) is 5.13. The molecule has 104 valence electrons. The van der Waals surface area contributed by atoms with Crippen LogP contribution in [-0.4, -0.2) is 4.98 Å². The molecule has 1 aromatic heterocycles. The molecule has 1 nitrogen and oxygen atoms in total. The van der Waals surface area contributed by atoms with Crippen LogP contribution in [0.15, 0.2) is 30.5 Å². The second-order valence-corrected chi connectivity index (χ2v) is 4.80. The molecule has 0 atom stereocenters. The summed E-state index contributed by atoms with van der Waals surface area (Å²) < 4.78 is 37.1. The van der Waals surface area contributed by atoms with Crippen LogP contribution in [0.25, 0.3) is 10.6 Å². The molecule has 0 radical (unpaired) electrons. The highest BCUT2D eigenvalue weighted by Gasteiger charge is 2.30. The molecular weight excluding hydrogens is 291 g/mol. The Morgan fingerprint density at radius 3 is 2.16 bits per heavy atom. The van der Waals surface area contributed by atoms with E-state index in [1.807, 2.05) is 13.8 Å². The van der Waals surface area contributed by atoms with Gasteiger partial charge in [0, 0.05) is 22.4 Å². The number of nitrogens with zero attached hydrogens (tertiary/aromatic N) is 1. The van der Waals surface area contributed by atoms with Gasteiger partial charge in [0.2, 0.25) is 0 Å². The monoisotopic (exact) mass is 305 g/mol. The summed E-state index contributed by atoms with van der Waals surface area (Å²) in [7, 11) is 0. The maximum absolute atomic E-state index is 12.4. The van der Waals surface area contributed by atoms with Crippen LogP contribution in [-0.2, 0) is 11.9 Å². The Hall–Kier alpha value is -1.01. The summed E-state index contributed by atoms with van der Waals surface area (Å²) in [5.74, 6) is 0.582. The van der Waals surface area contributed by atoms with Crippen molar-refractivity contribution in [1.82, 2.24) is 4.98 Å². The quantitative estimate of drug-likeness (QED) is 0.744. The number of aromatic nitrogens is 1. The highest BCUT2D eigenvalue weighted by atomic mass is 32.1. The average Bonchev–Trinajstić information content (AvgIpc) is 2.89. The van der Waals surface area contributed by atoms with Gasteiger partial charge in [-0.25, -0.2) is 4.98 Å². The predicted molar refractivity (Wildman–Crippen MR) is 76.6 cm³/mol. The molecule has 1 heterocycles. The molecule has 0 bridgehead atoms. The van der Waals surface area contributed by atoms with Crippen LogP contribution in [0, 0.1) is 0 Å². The van der Waals surface area contributed by atoms with E-state index < -0.39 is 11.7 Å². The van der Waals surface area contributed by atoms with E-state index in [1.165, 1.54) is 23.5 Å². The molecule has 0 fully saturated rings. The van der Waals surface area contributed by atoms with Gasteiger partial charge in [-0.3, -0.25) is 0 Å². The topological polar surface area (TPSA) is 12.9 Å². The minimum Gasteiger partial charge on any atom is -0.244 e. The second kappa shape index (κ2) is 6.96. The third kappa shape index (κ3) is 4.24. The van der Waals surface area contributed by atoms with E-state index in [-0.39, 0.29) is 0 Å². The van der Waals surface area contributed by atoms with Gasteiger partial charge in [-0.15, -0.1) is 11.3 Å². The van der Waals surface area contributed by atoms with Crippen LogP contribution in [0.4, 0.5) is 13.2 Å². The number of benzene rings is 1. The zero-order chi connectivity index (χ0) is 14.5. The average molecular weight is 305 g/mol. The van der Waals surface area contributed by atoms with E-state index in [9.17, 15) is 13.2 Å². The van der Waals surface area contributed by atoms with E-state index in [1.54, 1.807) is 6.20 Å². The van der Waals surface area contributed by atoms with Gasteiger partial charge in [0.15, 0.2) is 0 Å². The van der Waals surface area contributed by atoms with Crippen LogP contribution in [0.1, 0.15) is 24.3 Å². The lowest BCUT2D eigenvalue weighted by Crippen LogP contribution is -2.03. The molecule has 19 heavy (non-hydrogen) atoms. The van der Waals surface area contributed by atoms with Crippen LogP contribution < -0.4 is 0 Å². The smallest absolute Gasteiger partial charge is 0.244 e. The van der Waals surface area contributed by atoms with Crippen molar-refractivity contribution in [3.63, 3.8) is 0 Å². The van der Waals surface area contributed by atoms with Gasteiger partial charge < -0.3 is 0 Å². The summed E-state index contributed by atoms with van der Waals surface area (Å²) in [5.41, 5.74) is 0.0447. The molecule has 6 heteroatoms. The van der Waals surface area contributed by atoms with Crippen molar-refractivity contribution >= 4 is 24.0 Å². The lowest BCUT2D eigenvalue weighted by Gasteiger charge is -2.06. The van der Waals surface area contributed by atoms with E-state index >= 15 is 0 Å². The Labute approximate surface area is 119 Å². The largest absolute Gasteiger partial charge is 0.416 e. The number of hydrogen-bond acceptors (Lipinski definition) is 3. The van der Waals surface area contributed by atoms with Crippen molar-refractivity contribution in [3.05, 3.63) is 40.9 Å². The molecule has 0 N–H and O–H groups in total. The Morgan fingerprint density at radius 1 is 1.16 bits per heavy atom. The van der Waals surface area contributed by atoms with E-state index in [0.717, 1.165) is 17.0 Å². The highest BCUT2D eigenvalue weighted by Crippen LogP contribution is 2.32. The highest BCUT2D eigenvalue weighted by molar-refractivity contribution is 7.79. The molecule has 0 amide bonds. The van der Waals surface area contributed by atoms with Crippen LogP contribution >= 0.6 is 24.0 Å². The molecule has 0 saturated heterocycles. The first-order valence-electron chi connectivity index (χ1n) is 5.74. The fourth-order valence-corrected chi connectivity index (χ4v) is 2.37. The first-order valence-corrected chi connectivity index (χ1v) is 7.19. The Bertz CT molecular complexity index is 503. The van der Waals surface area contributed by atoms with Gasteiger partial charge in [0.05, 0.1) is 5.56 Å². The minimum atomic E-state index is -4.29. The zero-order valence-corrected chi connectivity index (χ0v) is 12.2. The maximum atomic E-state index is 12.4. The first kappa shape index (κ1) is 16.0. The van der Waals surface area contributed by atoms with E-state index in [0.29, 0.717) is 16.3 Å². The van der Waals surface area contributed by atoms with Gasteiger partial charge in [-0.2, -0.15) is 25.8 Å². The van der Waals surface area contributed by atoms with Gasteiger partial charge in [-0.05, 0) is 12.1 Å². The standard InChI is InChI=1S/C11H8F3NS2.C2H6/c12-11(13,14)8-3-1-7(2-4-8)10-15-5-9(6-16)17-10;1-2/h1-5,16H,6H2;1-2H3. The molecular formula is C13H14F3NS2. The molecule has 0 aliphatic rings. The van der Waals surface area contributed by atoms with Gasteiger partial charge in [-0.1, -0.05) is 26.0 Å². The molecule has 2 rings (SSSR count). The first-order chi connectivity index (χ1) is 9.00. The van der Waals surface area contributed by atoms with Crippen LogP contribution in [0.3, 0.4) is 0 Å².